The fourth-order valence-electron chi connectivity index (χ4n) is 11.3. The Morgan fingerprint density at radius 2 is 1.06 bits per heavy atom. The van der Waals surface area contributed by atoms with Gasteiger partial charge in [0.2, 0.25) is 0 Å². The monoisotopic (exact) mass is 428 g/mol. The highest BCUT2D eigenvalue weighted by atomic mass is 16.3. The first-order valence-corrected chi connectivity index (χ1v) is 13.5. The Kier molecular flexibility index (Phi) is 3.53. The zero-order chi connectivity index (χ0) is 21.2. The van der Waals surface area contributed by atoms with E-state index in [0.29, 0.717) is 11.5 Å². The summed E-state index contributed by atoms with van der Waals surface area (Å²) in [6.07, 6.45) is 16.0. The van der Waals surface area contributed by atoms with E-state index in [2.05, 4.69) is 12.1 Å². The Morgan fingerprint density at radius 1 is 0.594 bits per heavy atom. The molecule has 168 valence electrons. The molecule has 0 atom stereocenters. The standard InChI is InChI=1S/C30H36O2/c31-25-3-1-2-23-27(25)24(29-11-17-4-18(12-29)6-19(5-17)13-29)10-26(32)28(23)30-14-20-7-21(15-30)9-22(8-20)16-30/h1-3,10,17-22,31-32H,4-9,11-16H2. The minimum atomic E-state index is 0.130. The number of rotatable bonds is 2. The third-order valence-corrected chi connectivity index (χ3v) is 11.3. The molecule has 8 aliphatic carbocycles. The Bertz CT molecular complexity index is 1060. The van der Waals surface area contributed by atoms with Gasteiger partial charge in [0.25, 0.3) is 0 Å². The number of hydrogen-bond donors (Lipinski definition) is 2. The second-order valence-electron chi connectivity index (χ2n) is 13.4. The van der Waals surface area contributed by atoms with Crippen molar-refractivity contribution in [3.05, 3.63) is 35.4 Å². The zero-order valence-electron chi connectivity index (χ0n) is 19.2. The lowest BCUT2D eigenvalue weighted by molar-refractivity contribution is -0.00673. The van der Waals surface area contributed by atoms with E-state index in [1.807, 2.05) is 12.1 Å². The van der Waals surface area contributed by atoms with E-state index in [1.165, 1.54) is 93.6 Å². The van der Waals surface area contributed by atoms with Gasteiger partial charge in [0.15, 0.2) is 0 Å². The molecule has 2 nitrogen and oxygen atoms in total. The summed E-state index contributed by atoms with van der Waals surface area (Å²) in [5.74, 6) is 6.09. The largest absolute Gasteiger partial charge is 0.508 e. The summed E-state index contributed by atoms with van der Waals surface area (Å²) in [6.45, 7) is 0. The lowest BCUT2D eigenvalue weighted by Crippen LogP contribution is -2.49. The van der Waals surface area contributed by atoms with Crippen molar-refractivity contribution in [3.8, 4) is 11.5 Å². The van der Waals surface area contributed by atoms with Crippen molar-refractivity contribution in [2.45, 2.75) is 87.9 Å². The van der Waals surface area contributed by atoms with Gasteiger partial charge >= 0.3 is 0 Å². The summed E-state index contributed by atoms with van der Waals surface area (Å²) in [7, 11) is 0. The molecule has 0 spiro atoms. The first-order chi connectivity index (χ1) is 15.5. The van der Waals surface area contributed by atoms with Crippen molar-refractivity contribution in [3.63, 3.8) is 0 Å². The molecular weight excluding hydrogens is 392 g/mol. The van der Waals surface area contributed by atoms with E-state index in [9.17, 15) is 10.2 Å². The molecule has 0 radical (unpaired) electrons. The van der Waals surface area contributed by atoms with Crippen LogP contribution in [-0.2, 0) is 10.8 Å². The summed E-state index contributed by atoms with van der Waals surface area (Å²) in [4.78, 5) is 0. The van der Waals surface area contributed by atoms with Crippen molar-refractivity contribution in [1.29, 1.82) is 0 Å². The molecule has 8 aliphatic rings. The fraction of sp³-hybridized carbons (Fsp3) is 0.667. The molecule has 8 saturated carbocycles. The normalized spacial score (nSPS) is 45.8. The average molecular weight is 429 g/mol. The molecule has 0 aliphatic heterocycles. The van der Waals surface area contributed by atoms with Crippen LogP contribution < -0.4 is 0 Å². The Balaban J connectivity index is 1.36. The topological polar surface area (TPSA) is 40.5 Å². The van der Waals surface area contributed by atoms with Crippen LogP contribution in [0.25, 0.3) is 10.8 Å². The first-order valence-electron chi connectivity index (χ1n) is 13.5. The van der Waals surface area contributed by atoms with Crippen LogP contribution in [0.4, 0.5) is 0 Å². The van der Waals surface area contributed by atoms with Crippen LogP contribution in [0.1, 0.15) is 88.2 Å². The Labute approximate surface area is 191 Å². The van der Waals surface area contributed by atoms with E-state index < -0.39 is 0 Å². The van der Waals surface area contributed by atoms with Gasteiger partial charge in [-0.15, -0.1) is 0 Å². The predicted octanol–water partition coefficient (Wildman–Crippen LogP) is 7.19. The number of aromatic hydroxyl groups is 2. The third kappa shape index (κ3) is 2.37. The quantitative estimate of drug-likeness (QED) is 0.531. The molecule has 0 saturated heterocycles. The van der Waals surface area contributed by atoms with Gasteiger partial charge in [0.05, 0.1) is 0 Å². The van der Waals surface area contributed by atoms with Crippen molar-refractivity contribution >= 4 is 10.8 Å². The number of phenolic OH excluding ortho intramolecular Hbond substituents is 2. The maximum atomic E-state index is 11.8. The van der Waals surface area contributed by atoms with Crippen LogP contribution in [0.3, 0.4) is 0 Å². The molecule has 8 fully saturated rings. The second kappa shape index (κ2) is 6.05. The van der Waals surface area contributed by atoms with Crippen LogP contribution >= 0.6 is 0 Å². The Hall–Kier alpha value is -1.70. The van der Waals surface area contributed by atoms with Gasteiger partial charge < -0.3 is 10.2 Å². The van der Waals surface area contributed by atoms with Crippen molar-refractivity contribution < 1.29 is 10.2 Å². The van der Waals surface area contributed by atoms with E-state index in [4.69, 9.17) is 0 Å². The van der Waals surface area contributed by atoms with E-state index in [1.54, 1.807) is 0 Å². The van der Waals surface area contributed by atoms with Crippen molar-refractivity contribution in [2.24, 2.45) is 35.5 Å². The third-order valence-electron chi connectivity index (χ3n) is 11.3. The molecule has 2 heteroatoms. The van der Waals surface area contributed by atoms with Gasteiger partial charge in [-0.05, 0) is 141 Å². The second-order valence-corrected chi connectivity index (χ2v) is 13.4. The number of benzene rings is 2. The SMILES string of the molecule is Oc1cc(C23CC4CC(CC(C4)C2)C3)c2c(O)cccc2c1C12CC3CC(CC(C3)C1)C2. The highest BCUT2D eigenvalue weighted by Crippen LogP contribution is 2.65. The molecule has 32 heavy (non-hydrogen) atoms. The number of hydrogen-bond acceptors (Lipinski definition) is 2. The molecule has 10 rings (SSSR count). The van der Waals surface area contributed by atoms with E-state index in [-0.39, 0.29) is 10.8 Å². The molecule has 2 aromatic rings. The minimum absolute atomic E-state index is 0.130. The first kappa shape index (κ1) is 18.7. The fourth-order valence-corrected chi connectivity index (χ4v) is 11.3. The van der Waals surface area contributed by atoms with Gasteiger partial charge in [-0.3, -0.25) is 0 Å². The van der Waals surface area contributed by atoms with Crippen LogP contribution in [0.2, 0.25) is 0 Å². The molecule has 0 aromatic heterocycles. The molecule has 0 unspecified atom stereocenters. The molecular formula is C30H36O2. The van der Waals surface area contributed by atoms with Gasteiger partial charge in [0.1, 0.15) is 11.5 Å². The zero-order valence-corrected chi connectivity index (χ0v) is 19.2. The highest BCUT2D eigenvalue weighted by molar-refractivity contribution is 5.97. The lowest BCUT2D eigenvalue weighted by atomic mass is 9.46. The maximum Gasteiger partial charge on any atom is 0.123 e. The lowest BCUT2D eigenvalue weighted by Gasteiger charge is -2.58. The summed E-state index contributed by atoms with van der Waals surface area (Å²) < 4.78 is 0. The number of phenols is 2. The predicted molar refractivity (Wildman–Crippen MR) is 127 cm³/mol. The molecule has 0 amide bonds. The van der Waals surface area contributed by atoms with E-state index >= 15 is 0 Å². The summed E-state index contributed by atoms with van der Waals surface area (Å²) >= 11 is 0. The van der Waals surface area contributed by atoms with E-state index in [0.717, 1.165) is 40.9 Å². The molecule has 2 N–H and O–H groups in total. The molecule has 8 bridgehead atoms. The van der Waals surface area contributed by atoms with Crippen molar-refractivity contribution in [1.82, 2.24) is 0 Å². The van der Waals surface area contributed by atoms with Gasteiger partial charge in [0, 0.05) is 16.4 Å². The van der Waals surface area contributed by atoms with Gasteiger partial charge in [-0.1, -0.05) is 12.1 Å². The van der Waals surface area contributed by atoms with Gasteiger partial charge in [-0.2, -0.15) is 0 Å². The van der Waals surface area contributed by atoms with Crippen LogP contribution in [0.5, 0.6) is 11.5 Å². The number of fused-ring (bicyclic) bond motifs is 1. The summed E-state index contributed by atoms with van der Waals surface area (Å²) in [6, 6.07) is 8.31. The van der Waals surface area contributed by atoms with Crippen LogP contribution in [0, 0.1) is 35.5 Å². The average Bonchev–Trinajstić information content (AvgIpc) is 2.71. The molecule has 2 aromatic carbocycles. The Morgan fingerprint density at radius 3 is 1.56 bits per heavy atom. The minimum Gasteiger partial charge on any atom is -0.508 e. The smallest absolute Gasteiger partial charge is 0.123 e. The highest BCUT2D eigenvalue weighted by Gasteiger charge is 2.55. The summed E-state index contributed by atoms with van der Waals surface area (Å²) in [5.41, 5.74) is 2.79. The van der Waals surface area contributed by atoms with Crippen LogP contribution in [0.15, 0.2) is 24.3 Å². The van der Waals surface area contributed by atoms with Crippen molar-refractivity contribution in [2.75, 3.05) is 0 Å². The van der Waals surface area contributed by atoms with Crippen LogP contribution in [-0.4, -0.2) is 10.2 Å². The summed E-state index contributed by atoms with van der Waals surface area (Å²) in [5, 5.41) is 25.3. The maximum absolute atomic E-state index is 11.8. The molecule has 0 heterocycles. The van der Waals surface area contributed by atoms with Gasteiger partial charge in [-0.25, -0.2) is 0 Å².